The summed E-state index contributed by atoms with van der Waals surface area (Å²) < 4.78 is 5.85. The number of hydrogen-bond donors (Lipinski definition) is 3. The van der Waals surface area contributed by atoms with Crippen LogP contribution in [0.5, 0.6) is 0 Å². The quantitative estimate of drug-likeness (QED) is 0.327. The Kier molecular flexibility index (Phi) is 6.98. The molecule has 210 valence electrons. The number of carbonyl (C=O) groups is 1. The molecule has 0 bridgehead atoms. The molecule has 0 unspecified atom stereocenters. The fraction of sp³-hybridized carbons (Fsp3) is 0.906. The van der Waals surface area contributed by atoms with Gasteiger partial charge in [-0.15, -0.1) is 0 Å². The Hall–Kier alpha value is -0.910. The Bertz CT molecular complexity index is 928. The van der Waals surface area contributed by atoms with E-state index in [1.165, 1.54) is 13.3 Å². The van der Waals surface area contributed by atoms with E-state index < -0.39 is 23.7 Å². The average molecular weight is 517 g/mol. The number of hydrogen-bond acceptors (Lipinski definition) is 5. The van der Waals surface area contributed by atoms with E-state index in [0.717, 1.165) is 24.8 Å². The van der Waals surface area contributed by atoms with Crippen LogP contribution in [0.15, 0.2) is 11.6 Å². The molecule has 0 amide bonds. The molecule has 13 atom stereocenters. The van der Waals surface area contributed by atoms with Crippen molar-refractivity contribution in [1.29, 1.82) is 0 Å². The predicted molar refractivity (Wildman–Crippen MR) is 144 cm³/mol. The van der Waals surface area contributed by atoms with Crippen LogP contribution in [0.3, 0.4) is 0 Å². The summed E-state index contributed by atoms with van der Waals surface area (Å²) in [5, 5.41) is 33.6. The second-order valence-corrected chi connectivity index (χ2v) is 14.8. The number of esters is 1. The van der Waals surface area contributed by atoms with Crippen LogP contribution in [-0.2, 0) is 9.53 Å². The lowest BCUT2D eigenvalue weighted by atomic mass is 9.45. The van der Waals surface area contributed by atoms with Crippen molar-refractivity contribution in [2.75, 3.05) is 6.61 Å². The maximum atomic E-state index is 12.1. The molecule has 0 radical (unpaired) electrons. The molecule has 0 spiro atoms. The van der Waals surface area contributed by atoms with E-state index in [0.29, 0.717) is 66.8 Å². The molecule has 5 aliphatic carbocycles. The van der Waals surface area contributed by atoms with Gasteiger partial charge in [-0.1, -0.05) is 53.2 Å². The van der Waals surface area contributed by atoms with Crippen molar-refractivity contribution in [3.05, 3.63) is 11.6 Å². The van der Waals surface area contributed by atoms with Gasteiger partial charge in [0.15, 0.2) is 0 Å². The summed E-state index contributed by atoms with van der Waals surface area (Å²) in [5.74, 6) is 3.34. The fourth-order valence-electron chi connectivity index (χ4n) is 10.7. The van der Waals surface area contributed by atoms with Crippen LogP contribution < -0.4 is 0 Å². The zero-order valence-electron chi connectivity index (χ0n) is 24.2. The van der Waals surface area contributed by atoms with Crippen LogP contribution in [0.25, 0.3) is 0 Å². The molecule has 0 aromatic carbocycles. The molecule has 4 saturated carbocycles. The molecule has 0 saturated heterocycles. The van der Waals surface area contributed by atoms with Crippen molar-refractivity contribution in [3.8, 4) is 0 Å². The van der Waals surface area contributed by atoms with Gasteiger partial charge in [-0.3, -0.25) is 4.79 Å². The van der Waals surface area contributed by atoms with Gasteiger partial charge in [-0.05, 0) is 91.3 Å². The third-order valence-corrected chi connectivity index (χ3v) is 13.1. The van der Waals surface area contributed by atoms with Gasteiger partial charge in [0.2, 0.25) is 0 Å². The number of allylic oxidation sites excluding steroid dienone is 1. The minimum absolute atomic E-state index is 0.0216. The zero-order valence-corrected chi connectivity index (χ0v) is 24.2. The van der Waals surface area contributed by atoms with Gasteiger partial charge >= 0.3 is 5.97 Å². The van der Waals surface area contributed by atoms with E-state index in [1.54, 1.807) is 0 Å². The van der Waals surface area contributed by atoms with E-state index in [-0.39, 0.29) is 23.2 Å². The normalized spacial score (nSPS) is 50.4. The molecule has 0 aliphatic heterocycles. The van der Waals surface area contributed by atoms with Crippen LogP contribution in [-0.4, -0.2) is 46.2 Å². The van der Waals surface area contributed by atoms with E-state index >= 15 is 0 Å². The molecular weight excluding hydrogens is 464 g/mol. The largest absolute Gasteiger partial charge is 0.465 e. The van der Waals surface area contributed by atoms with Crippen molar-refractivity contribution >= 4 is 5.97 Å². The first-order valence-corrected chi connectivity index (χ1v) is 15.1. The topological polar surface area (TPSA) is 87.0 Å². The molecule has 5 heteroatoms. The summed E-state index contributed by atoms with van der Waals surface area (Å²) in [6.45, 7) is 16.0. The second kappa shape index (κ2) is 9.34. The van der Waals surface area contributed by atoms with Crippen molar-refractivity contribution in [3.63, 3.8) is 0 Å². The monoisotopic (exact) mass is 516 g/mol. The molecule has 5 rings (SSSR count). The van der Waals surface area contributed by atoms with Crippen LogP contribution in [0.2, 0.25) is 0 Å². The van der Waals surface area contributed by atoms with Gasteiger partial charge in [0, 0.05) is 24.2 Å². The highest BCUT2D eigenvalue weighted by molar-refractivity contribution is 5.66. The van der Waals surface area contributed by atoms with Crippen LogP contribution in [0.4, 0.5) is 0 Å². The van der Waals surface area contributed by atoms with Crippen molar-refractivity contribution < 1.29 is 24.9 Å². The first-order valence-electron chi connectivity index (χ1n) is 15.1. The Morgan fingerprint density at radius 3 is 2.43 bits per heavy atom. The molecule has 3 N–H and O–H groups in total. The molecular formula is C32H52O5. The summed E-state index contributed by atoms with van der Waals surface area (Å²) in [6, 6.07) is 0. The van der Waals surface area contributed by atoms with Gasteiger partial charge in [0.25, 0.3) is 0 Å². The van der Waals surface area contributed by atoms with Crippen molar-refractivity contribution in [1.82, 2.24) is 0 Å². The summed E-state index contributed by atoms with van der Waals surface area (Å²) in [5.41, 5.74) is 0.788. The third-order valence-electron chi connectivity index (χ3n) is 13.1. The minimum Gasteiger partial charge on any atom is -0.465 e. The van der Waals surface area contributed by atoms with Crippen LogP contribution >= 0.6 is 0 Å². The maximum absolute atomic E-state index is 12.1. The number of fused-ring (bicyclic) bond motifs is 5. The minimum atomic E-state index is -0.647. The lowest BCUT2D eigenvalue weighted by molar-refractivity contribution is -0.183. The zero-order chi connectivity index (χ0) is 27.1. The molecule has 37 heavy (non-hydrogen) atoms. The van der Waals surface area contributed by atoms with E-state index in [2.05, 4.69) is 47.6 Å². The number of aliphatic hydroxyl groups is 3. The van der Waals surface area contributed by atoms with E-state index in [4.69, 9.17) is 4.74 Å². The first kappa shape index (κ1) is 27.6. The summed E-state index contributed by atoms with van der Waals surface area (Å²) >= 11 is 0. The van der Waals surface area contributed by atoms with Crippen molar-refractivity contribution in [2.45, 2.75) is 112 Å². The molecule has 0 heterocycles. The number of rotatable bonds is 6. The predicted octanol–water partition coefficient (Wildman–Crippen LogP) is 5.37. The first-order chi connectivity index (χ1) is 17.3. The van der Waals surface area contributed by atoms with Gasteiger partial charge < -0.3 is 20.1 Å². The highest BCUT2D eigenvalue weighted by Gasteiger charge is 2.68. The van der Waals surface area contributed by atoms with Crippen LogP contribution in [0.1, 0.15) is 93.4 Å². The summed E-state index contributed by atoms with van der Waals surface area (Å²) in [6.07, 6.45) is 6.56. The van der Waals surface area contributed by atoms with Gasteiger partial charge in [-0.2, -0.15) is 0 Å². The molecule has 5 aliphatic rings. The smallest absolute Gasteiger partial charge is 0.302 e. The third kappa shape index (κ3) is 4.08. The van der Waals surface area contributed by atoms with Gasteiger partial charge in [0.05, 0.1) is 24.9 Å². The van der Waals surface area contributed by atoms with Gasteiger partial charge in [0.1, 0.15) is 0 Å². The standard InChI is InChI=1S/C32H52O5/c1-17(2)19(4)30(6)14-26(30)18(3)24-10-11-25-23-9-8-21-12-22(34)13-28(36)31(21,7)29(23)27(35)15-32(24,25)16-37-20(5)33/h8,17-19,22-29,34-36H,9-16H2,1-7H3/t18-,19+,22+,23-,24+,25-,26-,27+,28-,29+,30+,31+,32-/m0/s1. The summed E-state index contributed by atoms with van der Waals surface area (Å²) in [4.78, 5) is 12.1. The Balaban J connectivity index is 1.48. The molecule has 0 aromatic heterocycles. The maximum Gasteiger partial charge on any atom is 0.302 e. The van der Waals surface area contributed by atoms with Gasteiger partial charge in [-0.25, -0.2) is 0 Å². The molecule has 4 fully saturated rings. The lowest BCUT2D eigenvalue weighted by Crippen LogP contribution is -2.61. The molecule has 0 aromatic rings. The lowest BCUT2D eigenvalue weighted by Gasteiger charge is -2.61. The number of aliphatic hydroxyl groups excluding tert-OH is 3. The van der Waals surface area contributed by atoms with Crippen molar-refractivity contribution in [2.24, 2.45) is 63.6 Å². The Morgan fingerprint density at radius 1 is 1.08 bits per heavy atom. The van der Waals surface area contributed by atoms with E-state index in [9.17, 15) is 20.1 Å². The SMILES string of the molecule is CC(=O)OC[C@]12C[C@@H](O)[C@H]3[C@@H](CC=C4C[C@@H](O)C[C@H](O)[C@@]43C)[C@@H]1CC[C@@H]2[C@H](C)[C@@H]1C[C@]1(C)[C@H](C)C(C)C. The van der Waals surface area contributed by atoms with Crippen LogP contribution in [0, 0.1) is 63.6 Å². The highest BCUT2D eigenvalue weighted by Crippen LogP contribution is 2.71. The molecule has 5 nitrogen and oxygen atoms in total. The van der Waals surface area contributed by atoms with E-state index in [1.807, 2.05) is 0 Å². The Morgan fingerprint density at radius 2 is 1.78 bits per heavy atom. The fourth-order valence-corrected chi connectivity index (χ4v) is 10.7. The number of carbonyl (C=O) groups excluding carboxylic acids is 1. The number of ether oxygens (including phenoxy) is 1. The summed E-state index contributed by atoms with van der Waals surface area (Å²) in [7, 11) is 0. The second-order valence-electron chi connectivity index (χ2n) is 14.8. The average Bonchev–Trinajstić information content (AvgIpc) is 3.37. The Labute approximate surface area is 224 Å². The highest BCUT2D eigenvalue weighted by atomic mass is 16.5.